The van der Waals surface area contributed by atoms with Gasteiger partial charge in [0, 0.05) is 57.2 Å². The lowest BCUT2D eigenvalue weighted by atomic mass is 10.2. The van der Waals surface area contributed by atoms with Gasteiger partial charge in [-0.2, -0.15) is 10.1 Å². The molecule has 0 unspecified atom stereocenters. The minimum atomic E-state index is 0.561. The van der Waals surface area contributed by atoms with E-state index in [1.54, 1.807) is 13.3 Å². The molecule has 1 aromatic heterocycles. The number of nitrogens with one attached hydrogen (secondary N) is 1. The van der Waals surface area contributed by atoms with Gasteiger partial charge in [0.1, 0.15) is 0 Å². The molecule has 8 heteroatoms. The Morgan fingerprint density at radius 3 is 2.76 bits per heavy atom. The van der Waals surface area contributed by atoms with Crippen molar-refractivity contribution in [2.24, 2.45) is 0 Å². The molecule has 3 rings (SSSR count). The average molecular weight is 363 g/mol. The highest BCUT2D eigenvalue weighted by atomic mass is 35.5. The van der Waals surface area contributed by atoms with Crippen LogP contribution < -0.4 is 15.1 Å². The smallest absolute Gasteiger partial charge is 0.244 e. The molecule has 2 aromatic rings. The van der Waals surface area contributed by atoms with E-state index in [9.17, 15) is 0 Å². The molecule has 0 aliphatic carbocycles. The van der Waals surface area contributed by atoms with E-state index in [0.717, 1.165) is 55.7 Å². The summed E-state index contributed by atoms with van der Waals surface area (Å²) in [6, 6.07) is 7.98. The zero-order valence-electron chi connectivity index (χ0n) is 14.4. The van der Waals surface area contributed by atoms with Gasteiger partial charge in [-0.1, -0.05) is 17.7 Å². The molecule has 2 heterocycles. The lowest BCUT2D eigenvalue weighted by Gasteiger charge is -2.36. The highest BCUT2D eigenvalue weighted by molar-refractivity contribution is 6.30. The monoisotopic (exact) mass is 362 g/mol. The van der Waals surface area contributed by atoms with Gasteiger partial charge in [0.2, 0.25) is 5.95 Å². The second kappa shape index (κ2) is 8.82. The third-order valence-electron chi connectivity index (χ3n) is 4.13. The lowest BCUT2D eigenvalue weighted by molar-refractivity contribution is 0.197. The Morgan fingerprint density at radius 2 is 2.00 bits per heavy atom. The van der Waals surface area contributed by atoms with Gasteiger partial charge in [0.25, 0.3) is 0 Å². The first-order chi connectivity index (χ1) is 12.3. The number of anilines is 3. The summed E-state index contributed by atoms with van der Waals surface area (Å²) in [5.74, 6) is 1.42. The molecule has 1 aromatic carbocycles. The Morgan fingerprint density at radius 1 is 1.20 bits per heavy atom. The van der Waals surface area contributed by atoms with Crippen LogP contribution in [-0.4, -0.2) is 61.6 Å². The minimum absolute atomic E-state index is 0.561. The maximum absolute atomic E-state index is 6.09. The predicted octanol–water partition coefficient (Wildman–Crippen LogP) is 2.30. The van der Waals surface area contributed by atoms with Crippen LogP contribution >= 0.6 is 11.6 Å². The predicted molar refractivity (Wildman–Crippen MR) is 101 cm³/mol. The number of rotatable bonds is 7. The zero-order valence-corrected chi connectivity index (χ0v) is 15.1. The molecule has 0 spiro atoms. The minimum Gasteiger partial charge on any atom is -0.385 e. The van der Waals surface area contributed by atoms with Gasteiger partial charge in [-0.15, -0.1) is 5.10 Å². The Kier molecular flexibility index (Phi) is 6.25. The molecule has 1 aliphatic heterocycles. The van der Waals surface area contributed by atoms with E-state index in [4.69, 9.17) is 16.3 Å². The summed E-state index contributed by atoms with van der Waals surface area (Å²) < 4.78 is 5.03. The normalized spacial score (nSPS) is 14.6. The third-order valence-corrected chi connectivity index (χ3v) is 4.37. The van der Waals surface area contributed by atoms with E-state index in [1.165, 1.54) is 0 Å². The van der Waals surface area contributed by atoms with Crippen LogP contribution in [0.4, 0.5) is 17.5 Å². The molecule has 1 fully saturated rings. The lowest BCUT2D eigenvalue weighted by Crippen LogP contribution is -2.47. The topological polar surface area (TPSA) is 66.4 Å². The van der Waals surface area contributed by atoms with Gasteiger partial charge >= 0.3 is 0 Å². The van der Waals surface area contributed by atoms with Crippen molar-refractivity contribution >= 4 is 29.1 Å². The van der Waals surface area contributed by atoms with Crippen molar-refractivity contribution in [2.75, 3.05) is 61.6 Å². The second-order valence-corrected chi connectivity index (χ2v) is 6.30. The SMILES string of the molecule is COCCCNc1nncc(N2CCN(c3cccc(Cl)c3)CC2)n1. The van der Waals surface area contributed by atoms with E-state index in [1.807, 2.05) is 18.2 Å². The summed E-state index contributed by atoms with van der Waals surface area (Å²) in [7, 11) is 1.70. The average Bonchev–Trinajstić information content (AvgIpc) is 2.66. The second-order valence-electron chi connectivity index (χ2n) is 5.87. The third kappa shape index (κ3) is 4.93. The van der Waals surface area contributed by atoms with Crippen molar-refractivity contribution in [1.82, 2.24) is 15.2 Å². The molecular weight excluding hydrogens is 340 g/mol. The van der Waals surface area contributed by atoms with Gasteiger partial charge < -0.3 is 19.9 Å². The Balaban J connectivity index is 1.55. The summed E-state index contributed by atoms with van der Waals surface area (Å²) in [5, 5.41) is 12.1. The first kappa shape index (κ1) is 17.7. The van der Waals surface area contributed by atoms with Crippen molar-refractivity contribution in [3.05, 3.63) is 35.5 Å². The van der Waals surface area contributed by atoms with E-state index >= 15 is 0 Å². The summed E-state index contributed by atoms with van der Waals surface area (Å²) >= 11 is 6.09. The first-order valence-corrected chi connectivity index (χ1v) is 8.82. The number of benzene rings is 1. The molecule has 7 nitrogen and oxygen atoms in total. The fourth-order valence-electron chi connectivity index (χ4n) is 2.81. The first-order valence-electron chi connectivity index (χ1n) is 8.44. The summed E-state index contributed by atoms with van der Waals surface area (Å²) in [5.41, 5.74) is 1.16. The van der Waals surface area contributed by atoms with Gasteiger partial charge in [-0.05, 0) is 24.6 Å². The number of halogens is 1. The van der Waals surface area contributed by atoms with Gasteiger partial charge in [-0.25, -0.2) is 0 Å². The molecule has 0 amide bonds. The molecule has 134 valence electrons. The molecule has 0 atom stereocenters. The Hall–Kier alpha value is -2.12. The van der Waals surface area contributed by atoms with Crippen molar-refractivity contribution in [1.29, 1.82) is 0 Å². The van der Waals surface area contributed by atoms with E-state index < -0.39 is 0 Å². The molecular formula is C17H23ClN6O. The van der Waals surface area contributed by atoms with Crippen molar-refractivity contribution in [3.8, 4) is 0 Å². The van der Waals surface area contributed by atoms with Crippen molar-refractivity contribution < 1.29 is 4.74 Å². The number of ether oxygens (including phenoxy) is 1. The summed E-state index contributed by atoms with van der Waals surface area (Å²) in [6.07, 6.45) is 2.62. The summed E-state index contributed by atoms with van der Waals surface area (Å²) in [6.45, 7) is 5.08. The van der Waals surface area contributed by atoms with E-state index in [2.05, 4.69) is 36.4 Å². The van der Waals surface area contributed by atoms with Crippen LogP contribution in [0.15, 0.2) is 30.5 Å². The maximum Gasteiger partial charge on any atom is 0.244 e. The van der Waals surface area contributed by atoms with Gasteiger partial charge in [0.05, 0.1) is 6.20 Å². The van der Waals surface area contributed by atoms with Crippen molar-refractivity contribution in [3.63, 3.8) is 0 Å². The van der Waals surface area contributed by atoms with Crippen LogP contribution in [0.3, 0.4) is 0 Å². The van der Waals surface area contributed by atoms with Crippen LogP contribution in [0.1, 0.15) is 6.42 Å². The highest BCUT2D eigenvalue weighted by Crippen LogP contribution is 2.22. The molecule has 25 heavy (non-hydrogen) atoms. The number of piperazine rings is 1. The molecule has 0 saturated carbocycles. The van der Waals surface area contributed by atoms with Gasteiger partial charge in [0.15, 0.2) is 5.82 Å². The number of methoxy groups -OCH3 is 1. The molecule has 0 bridgehead atoms. The molecule has 0 radical (unpaired) electrons. The van der Waals surface area contributed by atoms with Crippen LogP contribution in [0, 0.1) is 0 Å². The quantitative estimate of drug-likeness (QED) is 0.758. The summed E-state index contributed by atoms with van der Waals surface area (Å²) in [4.78, 5) is 9.13. The number of aromatic nitrogens is 3. The standard InChI is InChI=1S/C17H23ClN6O/c1-25-11-3-6-19-17-21-16(13-20-22-17)24-9-7-23(8-10-24)15-5-2-4-14(18)12-15/h2,4-5,12-13H,3,6-11H2,1H3,(H,19,21,22). The van der Waals surface area contributed by atoms with Crippen LogP contribution in [0.25, 0.3) is 0 Å². The maximum atomic E-state index is 6.09. The molecule has 1 aliphatic rings. The molecule has 1 saturated heterocycles. The molecule has 1 N–H and O–H groups in total. The van der Waals surface area contributed by atoms with Crippen LogP contribution in [-0.2, 0) is 4.74 Å². The zero-order chi connectivity index (χ0) is 17.5. The van der Waals surface area contributed by atoms with E-state index in [-0.39, 0.29) is 0 Å². The highest BCUT2D eigenvalue weighted by Gasteiger charge is 2.19. The largest absolute Gasteiger partial charge is 0.385 e. The fraction of sp³-hybridized carbons (Fsp3) is 0.471. The van der Waals surface area contributed by atoms with Crippen molar-refractivity contribution in [2.45, 2.75) is 6.42 Å². The Bertz CT molecular complexity index is 678. The Labute approximate surface area is 153 Å². The van der Waals surface area contributed by atoms with Gasteiger partial charge in [-0.3, -0.25) is 0 Å². The van der Waals surface area contributed by atoms with E-state index in [0.29, 0.717) is 12.6 Å². The van der Waals surface area contributed by atoms with Crippen LogP contribution in [0.2, 0.25) is 5.02 Å². The number of hydrogen-bond acceptors (Lipinski definition) is 7. The van der Waals surface area contributed by atoms with Crippen LogP contribution in [0.5, 0.6) is 0 Å². The number of nitrogens with zero attached hydrogens (tertiary/aromatic N) is 5. The fourth-order valence-corrected chi connectivity index (χ4v) is 2.99. The number of hydrogen-bond donors (Lipinski definition) is 1.